The molecular weight excluding hydrogens is 330 g/mol. The number of hydrogen-bond donors (Lipinski definition) is 1. The minimum atomic E-state index is -0.742. The van der Waals surface area contributed by atoms with E-state index in [-0.39, 0.29) is 11.8 Å². The molecule has 0 fully saturated rings. The Labute approximate surface area is 142 Å². The topological polar surface area (TPSA) is 108 Å². The lowest BCUT2D eigenvalue weighted by molar-refractivity contribution is 0.0958. The zero-order valence-corrected chi connectivity index (χ0v) is 13.8. The quantitative estimate of drug-likeness (QED) is 0.730. The van der Waals surface area contributed by atoms with Crippen molar-refractivity contribution in [2.24, 2.45) is 5.73 Å². The summed E-state index contributed by atoms with van der Waals surface area (Å²) >= 11 is 5.91. The number of amides is 1. The maximum Gasteiger partial charge on any atom is 0.315 e. The van der Waals surface area contributed by atoms with Crippen molar-refractivity contribution in [1.82, 2.24) is 20.1 Å². The summed E-state index contributed by atoms with van der Waals surface area (Å²) in [5.41, 5.74) is 8.84. The van der Waals surface area contributed by atoms with E-state index in [0.29, 0.717) is 11.0 Å². The van der Waals surface area contributed by atoms with Crippen LogP contribution in [0.4, 0.5) is 0 Å². The molecule has 2 N–H and O–H groups in total. The molecule has 0 aliphatic heterocycles. The summed E-state index contributed by atoms with van der Waals surface area (Å²) < 4.78 is 4.85. The number of nitrogens with zero attached hydrogens (tertiary/aromatic N) is 4. The molecule has 8 heteroatoms. The monoisotopic (exact) mass is 343 g/mol. The van der Waals surface area contributed by atoms with Gasteiger partial charge in [-0.15, -0.1) is 0 Å². The Kier molecular flexibility index (Phi) is 4.26. The van der Waals surface area contributed by atoms with Crippen LogP contribution in [0.25, 0.3) is 11.3 Å². The van der Waals surface area contributed by atoms with E-state index in [9.17, 15) is 4.79 Å². The number of hydrogen-bond acceptors (Lipinski definition) is 6. The summed E-state index contributed by atoms with van der Waals surface area (Å²) in [5.74, 6) is -0.676. The average Bonchev–Trinajstić information content (AvgIpc) is 3.04. The summed E-state index contributed by atoms with van der Waals surface area (Å²) in [5, 5.41) is 4.21. The molecule has 0 aliphatic rings. The summed E-state index contributed by atoms with van der Waals surface area (Å²) in [6.45, 7) is 3.91. The number of primary amides is 1. The molecule has 2 aromatic heterocycles. The van der Waals surface area contributed by atoms with Gasteiger partial charge in [0.05, 0.1) is 5.69 Å². The molecule has 0 aliphatic carbocycles. The average molecular weight is 344 g/mol. The molecule has 1 unspecified atom stereocenters. The van der Waals surface area contributed by atoms with Gasteiger partial charge in [0.25, 0.3) is 0 Å². The highest BCUT2D eigenvalue weighted by Crippen LogP contribution is 2.28. The Bertz CT molecular complexity index is 909. The first-order valence-corrected chi connectivity index (χ1v) is 7.55. The SMILES string of the molecule is Cc1cc(-c2cc(Cl)ncn2)ccc1C(C)c1noc(C(N)=O)n1. The lowest BCUT2D eigenvalue weighted by Gasteiger charge is -2.12. The van der Waals surface area contributed by atoms with E-state index in [1.54, 1.807) is 6.07 Å². The van der Waals surface area contributed by atoms with Gasteiger partial charge in [0.15, 0.2) is 5.82 Å². The van der Waals surface area contributed by atoms with Crippen molar-refractivity contribution >= 4 is 17.5 Å². The highest BCUT2D eigenvalue weighted by atomic mass is 35.5. The zero-order valence-electron chi connectivity index (χ0n) is 13.0. The lowest BCUT2D eigenvalue weighted by Crippen LogP contribution is -2.11. The van der Waals surface area contributed by atoms with Crippen LogP contribution in [0.5, 0.6) is 0 Å². The Morgan fingerprint density at radius 2 is 2.08 bits per heavy atom. The highest BCUT2D eigenvalue weighted by molar-refractivity contribution is 6.29. The first-order chi connectivity index (χ1) is 11.5. The Hall–Kier alpha value is -2.80. The van der Waals surface area contributed by atoms with E-state index in [1.807, 2.05) is 32.0 Å². The molecule has 1 atom stereocenters. The van der Waals surface area contributed by atoms with Crippen molar-refractivity contribution in [2.45, 2.75) is 19.8 Å². The van der Waals surface area contributed by atoms with Crippen LogP contribution in [-0.2, 0) is 0 Å². The molecule has 1 amide bonds. The molecule has 0 saturated heterocycles. The zero-order chi connectivity index (χ0) is 17.3. The number of carbonyl (C=O) groups excluding carboxylic acids is 1. The van der Waals surface area contributed by atoms with E-state index in [4.69, 9.17) is 21.9 Å². The summed E-state index contributed by atoms with van der Waals surface area (Å²) in [6, 6.07) is 7.61. The van der Waals surface area contributed by atoms with E-state index in [2.05, 4.69) is 20.1 Å². The van der Waals surface area contributed by atoms with Gasteiger partial charge in [-0.3, -0.25) is 4.79 Å². The molecule has 0 saturated carbocycles. The number of carbonyl (C=O) groups is 1. The summed E-state index contributed by atoms with van der Waals surface area (Å²) in [7, 11) is 0. The molecule has 0 bridgehead atoms. The van der Waals surface area contributed by atoms with Crippen LogP contribution < -0.4 is 5.73 Å². The fraction of sp³-hybridized carbons (Fsp3) is 0.188. The van der Waals surface area contributed by atoms with E-state index >= 15 is 0 Å². The molecule has 7 nitrogen and oxygen atoms in total. The van der Waals surface area contributed by atoms with Crippen LogP contribution in [0.1, 0.15) is 40.5 Å². The fourth-order valence-corrected chi connectivity index (χ4v) is 2.61. The van der Waals surface area contributed by atoms with Gasteiger partial charge in [-0.25, -0.2) is 9.97 Å². The molecule has 0 radical (unpaired) electrons. The largest absolute Gasteiger partial charge is 0.361 e. The van der Waals surface area contributed by atoms with Crippen molar-refractivity contribution in [3.05, 3.63) is 58.6 Å². The number of benzene rings is 1. The maximum absolute atomic E-state index is 11.1. The molecular formula is C16H14ClN5O2. The van der Waals surface area contributed by atoms with Crippen LogP contribution >= 0.6 is 11.6 Å². The molecule has 2 heterocycles. The summed E-state index contributed by atoms with van der Waals surface area (Å²) in [6.07, 6.45) is 1.42. The van der Waals surface area contributed by atoms with Crippen LogP contribution in [0.15, 0.2) is 35.1 Å². The van der Waals surface area contributed by atoms with Gasteiger partial charge < -0.3 is 10.3 Å². The van der Waals surface area contributed by atoms with Gasteiger partial charge in [-0.1, -0.05) is 35.8 Å². The highest BCUT2D eigenvalue weighted by Gasteiger charge is 2.19. The number of halogens is 1. The van der Waals surface area contributed by atoms with Crippen molar-refractivity contribution in [1.29, 1.82) is 0 Å². The number of nitrogens with two attached hydrogens (primary N) is 1. The van der Waals surface area contributed by atoms with Gasteiger partial charge in [-0.2, -0.15) is 4.98 Å². The Balaban J connectivity index is 1.93. The van der Waals surface area contributed by atoms with E-state index in [0.717, 1.165) is 22.4 Å². The van der Waals surface area contributed by atoms with Crippen molar-refractivity contribution < 1.29 is 9.32 Å². The van der Waals surface area contributed by atoms with Crippen molar-refractivity contribution in [3.63, 3.8) is 0 Å². The van der Waals surface area contributed by atoms with E-state index < -0.39 is 5.91 Å². The normalized spacial score (nSPS) is 12.1. The number of rotatable bonds is 4. The molecule has 0 spiro atoms. The molecule has 3 aromatic rings. The first kappa shape index (κ1) is 16.1. The number of aryl methyl sites for hydroxylation is 1. The second kappa shape index (κ2) is 6.37. The first-order valence-electron chi connectivity index (χ1n) is 7.17. The van der Waals surface area contributed by atoms with Gasteiger partial charge in [0.2, 0.25) is 0 Å². The third kappa shape index (κ3) is 3.11. The maximum atomic E-state index is 11.1. The predicted octanol–water partition coefficient (Wildman–Crippen LogP) is 2.74. The lowest BCUT2D eigenvalue weighted by atomic mass is 9.93. The standard InChI is InChI=1S/C16H14ClN5O2/c1-8-5-10(12-6-13(17)20-7-19-12)3-4-11(8)9(2)15-21-16(14(18)23)24-22-15/h3-7,9H,1-2H3,(H2,18,23). The van der Waals surface area contributed by atoms with Crippen LogP contribution in [-0.4, -0.2) is 26.0 Å². The molecule has 122 valence electrons. The fourth-order valence-electron chi connectivity index (χ4n) is 2.46. The van der Waals surface area contributed by atoms with Crippen LogP contribution in [0, 0.1) is 6.92 Å². The molecule has 3 rings (SSSR count). The van der Waals surface area contributed by atoms with Crippen molar-refractivity contribution in [2.75, 3.05) is 0 Å². The second-order valence-corrected chi connectivity index (χ2v) is 5.73. The van der Waals surface area contributed by atoms with Gasteiger partial charge in [0.1, 0.15) is 11.5 Å². The molecule has 24 heavy (non-hydrogen) atoms. The van der Waals surface area contributed by atoms with E-state index in [1.165, 1.54) is 6.33 Å². The third-order valence-electron chi connectivity index (χ3n) is 3.71. The molecule has 1 aromatic carbocycles. The van der Waals surface area contributed by atoms with Crippen molar-refractivity contribution in [3.8, 4) is 11.3 Å². The van der Waals surface area contributed by atoms with Crippen LogP contribution in [0.2, 0.25) is 5.15 Å². The minimum Gasteiger partial charge on any atom is -0.361 e. The Morgan fingerprint density at radius 3 is 2.71 bits per heavy atom. The summed E-state index contributed by atoms with van der Waals surface area (Å²) in [4.78, 5) is 23.2. The van der Waals surface area contributed by atoms with Crippen LogP contribution in [0.3, 0.4) is 0 Å². The Morgan fingerprint density at radius 1 is 1.29 bits per heavy atom. The van der Waals surface area contributed by atoms with Gasteiger partial charge in [-0.05, 0) is 24.1 Å². The number of aromatic nitrogens is 4. The third-order valence-corrected chi connectivity index (χ3v) is 3.91. The smallest absolute Gasteiger partial charge is 0.315 e. The minimum absolute atomic E-state index is 0.148. The van der Waals surface area contributed by atoms with Gasteiger partial charge in [0, 0.05) is 17.5 Å². The second-order valence-electron chi connectivity index (χ2n) is 5.34. The predicted molar refractivity (Wildman–Crippen MR) is 87.5 cm³/mol. The van der Waals surface area contributed by atoms with Gasteiger partial charge >= 0.3 is 11.8 Å².